The number of rotatable bonds is 10. The summed E-state index contributed by atoms with van der Waals surface area (Å²) in [5.41, 5.74) is 1.61. The van der Waals surface area contributed by atoms with Crippen LogP contribution in [0.5, 0.6) is 5.88 Å². The lowest BCUT2D eigenvalue weighted by atomic mass is 10.1. The highest BCUT2D eigenvalue weighted by atomic mass is 19.1. The number of hydrogen-bond donors (Lipinski definition) is 0. The maximum absolute atomic E-state index is 13.1. The van der Waals surface area contributed by atoms with Crippen LogP contribution in [0.25, 0.3) is 11.3 Å². The Bertz CT molecular complexity index is 642. The van der Waals surface area contributed by atoms with Gasteiger partial charge in [-0.1, -0.05) is 13.8 Å². The molecular weight excluding hydrogens is 317 g/mol. The van der Waals surface area contributed by atoms with Crippen LogP contribution in [-0.4, -0.2) is 41.1 Å². The van der Waals surface area contributed by atoms with Gasteiger partial charge in [-0.25, -0.2) is 9.37 Å². The third kappa shape index (κ3) is 6.42. The second kappa shape index (κ2) is 10.1. The number of unbranched alkanes of at least 4 members (excludes halogenated alkanes) is 2. The summed E-state index contributed by atoms with van der Waals surface area (Å²) in [5.74, 6) is 0.977. The molecule has 0 fully saturated rings. The first-order chi connectivity index (χ1) is 12.1. The summed E-state index contributed by atoms with van der Waals surface area (Å²) < 4.78 is 18.9. The topological polar surface area (TPSA) is 38.2 Å². The minimum absolute atomic E-state index is 0.254. The van der Waals surface area contributed by atoms with Crippen molar-refractivity contribution in [3.8, 4) is 17.1 Å². The van der Waals surface area contributed by atoms with Crippen LogP contribution in [0.15, 0.2) is 30.3 Å². The van der Waals surface area contributed by atoms with Gasteiger partial charge in [0.15, 0.2) is 0 Å². The largest absolute Gasteiger partial charge is 0.478 e. The summed E-state index contributed by atoms with van der Waals surface area (Å²) in [6.45, 7) is 10.3. The van der Waals surface area contributed by atoms with Crippen molar-refractivity contribution in [1.29, 1.82) is 0 Å². The molecule has 0 aliphatic carbocycles. The molecule has 1 aromatic carbocycles. The number of halogens is 1. The summed E-state index contributed by atoms with van der Waals surface area (Å²) in [6, 6.07) is 8.12. The van der Waals surface area contributed by atoms with E-state index in [0.717, 1.165) is 43.7 Å². The van der Waals surface area contributed by atoms with Gasteiger partial charge in [0.05, 0.1) is 12.3 Å². The van der Waals surface area contributed by atoms with E-state index in [9.17, 15) is 4.39 Å². The first-order valence-electron chi connectivity index (χ1n) is 9.09. The molecule has 0 aliphatic heterocycles. The van der Waals surface area contributed by atoms with Crippen molar-refractivity contribution >= 4 is 0 Å². The molecule has 2 rings (SSSR count). The van der Waals surface area contributed by atoms with E-state index >= 15 is 0 Å². The molecule has 1 heterocycles. The molecule has 4 nitrogen and oxygen atoms in total. The predicted octanol–water partition coefficient (Wildman–Crippen LogP) is 4.48. The van der Waals surface area contributed by atoms with Gasteiger partial charge in [0.2, 0.25) is 5.88 Å². The summed E-state index contributed by atoms with van der Waals surface area (Å²) in [6.07, 6.45) is 3.34. The molecule has 2 aromatic rings. The van der Waals surface area contributed by atoms with Crippen LogP contribution in [0, 0.1) is 12.7 Å². The van der Waals surface area contributed by atoms with Crippen molar-refractivity contribution in [1.82, 2.24) is 14.9 Å². The second-order valence-corrected chi connectivity index (χ2v) is 6.08. The molecule has 0 aliphatic rings. The average Bonchev–Trinajstić information content (AvgIpc) is 2.61. The first-order valence-corrected chi connectivity index (χ1v) is 9.09. The summed E-state index contributed by atoms with van der Waals surface area (Å²) in [4.78, 5) is 11.2. The summed E-state index contributed by atoms with van der Waals surface area (Å²) in [7, 11) is 0. The number of benzene rings is 1. The lowest BCUT2D eigenvalue weighted by molar-refractivity contribution is 0.272. The Morgan fingerprint density at radius 3 is 2.40 bits per heavy atom. The van der Waals surface area contributed by atoms with E-state index in [4.69, 9.17) is 4.74 Å². The highest BCUT2D eigenvalue weighted by Gasteiger charge is 2.06. The molecule has 25 heavy (non-hydrogen) atoms. The average molecular weight is 345 g/mol. The Kier molecular flexibility index (Phi) is 7.79. The van der Waals surface area contributed by atoms with E-state index in [1.165, 1.54) is 18.6 Å². The maximum atomic E-state index is 13.1. The summed E-state index contributed by atoms with van der Waals surface area (Å²) in [5, 5.41) is 0. The first kappa shape index (κ1) is 19.3. The molecule has 0 saturated heterocycles. The molecule has 136 valence electrons. The number of aryl methyl sites for hydroxylation is 1. The molecule has 0 atom stereocenters. The van der Waals surface area contributed by atoms with Gasteiger partial charge in [0, 0.05) is 11.6 Å². The van der Waals surface area contributed by atoms with Crippen LogP contribution in [0.4, 0.5) is 4.39 Å². The van der Waals surface area contributed by atoms with E-state index in [1.807, 2.05) is 13.0 Å². The minimum Gasteiger partial charge on any atom is -0.478 e. The number of hydrogen-bond acceptors (Lipinski definition) is 4. The van der Waals surface area contributed by atoms with E-state index in [2.05, 4.69) is 28.7 Å². The number of nitrogens with zero attached hydrogens (tertiary/aromatic N) is 3. The zero-order valence-corrected chi connectivity index (χ0v) is 15.5. The Hall–Kier alpha value is -2.01. The zero-order chi connectivity index (χ0) is 18.1. The molecule has 0 saturated carbocycles. The third-order valence-electron chi connectivity index (χ3n) is 4.22. The van der Waals surface area contributed by atoms with Crippen molar-refractivity contribution in [2.75, 3.05) is 26.2 Å². The fraction of sp³-hybridized carbons (Fsp3) is 0.500. The molecule has 0 N–H and O–H groups in total. The predicted molar refractivity (Wildman–Crippen MR) is 99.3 cm³/mol. The third-order valence-corrected chi connectivity index (χ3v) is 4.22. The monoisotopic (exact) mass is 345 g/mol. The maximum Gasteiger partial charge on any atom is 0.217 e. The quantitative estimate of drug-likeness (QED) is 0.595. The van der Waals surface area contributed by atoms with Gasteiger partial charge in [-0.3, -0.25) is 0 Å². The second-order valence-electron chi connectivity index (χ2n) is 6.08. The van der Waals surface area contributed by atoms with E-state index in [1.54, 1.807) is 12.1 Å². The highest BCUT2D eigenvalue weighted by molar-refractivity contribution is 5.59. The van der Waals surface area contributed by atoms with Crippen LogP contribution >= 0.6 is 0 Å². The van der Waals surface area contributed by atoms with Crippen molar-refractivity contribution < 1.29 is 9.13 Å². The van der Waals surface area contributed by atoms with Gasteiger partial charge < -0.3 is 9.64 Å². The Morgan fingerprint density at radius 1 is 1.00 bits per heavy atom. The van der Waals surface area contributed by atoms with Gasteiger partial charge in [0.1, 0.15) is 11.6 Å². The normalized spacial score (nSPS) is 11.1. The molecule has 0 bridgehead atoms. The van der Waals surface area contributed by atoms with Gasteiger partial charge in [-0.15, -0.1) is 0 Å². The Balaban J connectivity index is 1.83. The molecule has 0 spiro atoms. The van der Waals surface area contributed by atoms with Crippen LogP contribution in [-0.2, 0) is 0 Å². The molecule has 0 amide bonds. The zero-order valence-electron chi connectivity index (χ0n) is 15.5. The minimum atomic E-state index is -0.254. The molecule has 0 unspecified atom stereocenters. The Labute approximate surface area is 150 Å². The Morgan fingerprint density at radius 2 is 1.72 bits per heavy atom. The summed E-state index contributed by atoms with van der Waals surface area (Å²) >= 11 is 0. The van der Waals surface area contributed by atoms with E-state index in [-0.39, 0.29) is 5.82 Å². The van der Waals surface area contributed by atoms with E-state index < -0.39 is 0 Å². The van der Waals surface area contributed by atoms with E-state index in [0.29, 0.717) is 18.3 Å². The van der Waals surface area contributed by atoms with Crippen molar-refractivity contribution in [3.05, 3.63) is 42.0 Å². The lowest BCUT2D eigenvalue weighted by Gasteiger charge is -2.17. The van der Waals surface area contributed by atoms with Crippen LogP contribution < -0.4 is 4.74 Å². The smallest absolute Gasteiger partial charge is 0.217 e. The fourth-order valence-corrected chi connectivity index (χ4v) is 2.71. The van der Waals surface area contributed by atoms with Crippen LogP contribution in [0.3, 0.4) is 0 Å². The SMILES string of the molecule is CCN(CC)CCCCCOc1cc(-c2ccc(F)cc2)nc(C)n1. The van der Waals surface area contributed by atoms with Gasteiger partial charge in [-0.2, -0.15) is 4.98 Å². The van der Waals surface area contributed by atoms with Crippen molar-refractivity contribution in [3.63, 3.8) is 0 Å². The molecule has 0 radical (unpaired) electrons. The lowest BCUT2D eigenvalue weighted by Crippen LogP contribution is -2.23. The molecule has 5 heteroatoms. The van der Waals surface area contributed by atoms with Crippen LogP contribution in [0.2, 0.25) is 0 Å². The highest BCUT2D eigenvalue weighted by Crippen LogP contribution is 2.21. The van der Waals surface area contributed by atoms with Crippen molar-refractivity contribution in [2.45, 2.75) is 40.0 Å². The fourth-order valence-electron chi connectivity index (χ4n) is 2.71. The van der Waals surface area contributed by atoms with Gasteiger partial charge >= 0.3 is 0 Å². The van der Waals surface area contributed by atoms with Gasteiger partial charge in [-0.05, 0) is 70.1 Å². The van der Waals surface area contributed by atoms with Gasteiger partial charge in [0.25, 0.3) is 0 Å². The van der Waals surface area contributed by atoms with Crippen molar-refractivity contribution in [2.24, 2.45) is 0 Å². The number of ether oxygens (including phenoxy) is 1. The molecular formula is C20H28FN3O. The molecule has 1 aromatic heterocycles. The van der Waals surface area contributed by atoms with Crippen LogP contribution in [0.1, 0.15) is 38.9 Å². The standard InChI is InChI=1S/C20H28FN3O/c1-4-24(5-2)13-7-6-8-14-25-20-15-19(22-16(3)23-20)17-9-11-18(21)12-10-17/h9-12,15H,4-8,13-14H2,1-3H3. The number of aromatic nitrogens is 2.